The number of halogens is 3. The molecule has 6 nitrogen and oxygen atoms in total. The van der Waals surface area contributed by atoms with Gasteiger partial charge in [0, 0.05) is 5.56 Å². The van der Waals surface area contributed by atoms with Gasteiger partial charge in [0.1, 0.15) is 0 Å². The highest BCUT2D eigenvalue weighted by atomic mass is 32.2. The van der Waals surface area contributed by atoms with E-state index in [0.29, 0.717) is 22.5 Å². The molecule has 0 atom stereocenters. The average Bonchev–Trinajstić information content (AvgIpc) is 3.10. The summed E-state index contributed by atoms with van der Waals surface area (Å²) in [5.74, 6) is 0.0527. The van der Waals surface area contributed by atoms with Crippen LogP contribution >= 0.6 is 0 Å². The molecule has 0 radical (unpaired) electrons. The number of fused-ring (bicyclic) bond motifs is 1. The lowest BCUT2D eigenvalue weighted by molar-refractivity contribution is -0.137. The fourth-order valence-corrected chi connectivity index (χ4v) is 4.28. The van der Waals surface area contributed by atoms with Crippen molar-refractivity contribution in [1.82, 2.24) is 14.4 Å². The van der Waals surface area contributed by atoms with Crippen molar-refractivity contribution in [2.24, 2.45) is 0 Å². The summed E-state index contributed by atoms with van der Waals surface area (Å²) in [6.45, 7) is 1.68. The van der Waals surface area contributed by atoms with E-state index in [1.54, 1.807) is 29.5 Å². The van der Waals surface area contributed by atoms with Crippen molar-refractivity contribution in [3.8, 4) is 11.3 Å². The van der Waals surface area contributed by atoms with Crippen LogP contribution in [0.2, 0.25) is 0 Å². The number of benzene rings is 2. The van der Waals surface area contributed by atoms with Gasteiger partial charge in [-0.25, -0.2) is 18.4 Å². The smallest absolute Gasteiger partial charge is 0.295 e. The molecule has 30 heavy (non-hydrogen) atoms. The lowest BCUT2D eigenvalue weighted by Gasteiger charge is -2.11. The van der Waals surface area contributed by atoms with Crippen LogP contribution < -0.4 is 4.72 Å². The molecule has 2 aromatic heterocycles. The summed E-state index contributed by atoms with van der Waals surface area (Å²) in [6, 6.07) is 11.2. The molecule has 0 amide bonds. The normalized spacial score (nSPS) is 12.3. The number of hydrogen-bond donors (Lipinski definition) is 1. The Bertz CT molecular complexity index is 1330. The van der Waals surface area contributed by atoms with Gasteiger partial charge in [-0.2, -0.15) is 13.2 Å². The van der Waals surface area contributed by atoms with Gasteiger partial charge in [-0.05, 0) is 30.7 Å². The first-order valence-corrected chi connectivity index (χ1v) is 10.2. The number of aromatic nitrogens is 3. The van der Waals surface area contributed by atoms with Gasteiger partial charge in [0.25, 0.3) is 10.0 Å². The molecule has 0 bridgehead atoms. The zero-order chi connectivity index (χ0) is 21.5. The standard InChI is InChI=1S/C20H15F3N4O2S/c1-13-4-2-3-5-17(13)30(28,29)26-18-12-27-16(10-25-19(27)11-24-18)14-6-8-15(9-7-14)20(21,22)23/h2-12,26H,1H3. The summed E-state index contributed by atoms with van der Waals surface area (Å²) in [5, 5.41) is 0. The Hall–Kier alpha value is -3.40. The monoisotopic (exact) mass is 432 g/mol. The van der Waals surface area contributed by atoms with Gasteiger partial charge < -0.3 is 0 Å². The van der Waals surface area contributed by atoms with Gasteiger partial charge in [-0.15, -0.1) is 0 Å². The molecular formula is C20H15F3N4O2S. The van der Waals surface area contributed by atoms with E-state index >= 15 is 0 Å². The second-order valence-corrected chi connectivity index (χ2v) is 8.24. The first kappa shape index (κ1) is 19.9. The Morgan fingerprint density at radius 3 is 2.33 bits per heavy atom. The van der Waals surface area contributed by atoms with E-state index in [-0.39, 0.29) is 10.7 Å². The zero-order valence-electron chi connectivity index (χ0n) is 15.6. The van der Waals surface area contributed by atoms with Crippen molar-refractivity contribution in [3.63, 3.8) is 0 Å². The Kier molecular flexibility index (Phi) is 4.73. The molecule has 0 aliphatic rings. The first-order valence-electron chi connectivity index (χ1n) is 8.74. The topological polar surface area (TPSA) is 76.4 Å². The lowest BCUT2D eigenvalue weighted by Crippen LogP contribution is -2.15. The Labute approximate surface area is 170 Å². The second kappa shape index (κ2) is 7.13. The highest BCUT2D eigenvalue weighted by molar-refractivity contribution is 7.92. The highest BCUT2D eigenvalue weighted by Crippen LogP contribution is 2.31. The predicted molar refractivity (Wildman–Crippen MR) is 105 cm³/mol. The van der Waals surface area contributed by atoms with E-state index in [9.17, 15) is 21.6 Å². The maximum absolute atomic E-state index is 12.8. The van der Waals surface area contributed by atoms with Crippen molar-refractivity contribution < 1.29 is 21.6 Å². The van der Waals surface area contributed by atoms with Crippen molar-refractivity contribution in [2.45, 2.75) is 18.0 Å². The summed E-state index contributed by atoms with van der Waals surface area (Å²) < 4.78 is 67.8. The second-order valence-electron chi connectivity index (χ2n) is 6.59. The summed E-state index contributed by atoms with van der Waals surface area (Å²) in [5.41, 5.74) is 1.24. The van der Waals surface area contributed by atoms with Gasteiger partial charge >= 0.3 is 6.18 Å². The maximum Gasteiger partial charge on any atom is 0.416 e. The molecule has 2 heterocycles. The molecule has 10 heteroatoms. The lowest BCUT2D eigenvalue weighted by atomic mass is 10.1. The van der Waals surface area contributed by atoms with Gasteiger partial charge in [0.05, 0.1) is 34.7 Å². The molecule has 0 aliphatic carbocycles. The minimum absolute atomic E-state index is 0.0527. The van der Waals surface area contributed by atoms with Gasteiger partial charge in [0.15, 0.2) is 11.5 Å². The fraction of sp³-hybridized carbons (Fsp3) is 0.100. The predicted octanol–water partition coefficient (Wildman–Crippen LogP) is 4.52. The third kappa shape index (κ3) is 3.73. The number of sulfonamides is 1. The quantitative estimate of drug-likeness (QED) is 0.514. The Morgan fingerprint density at radius 2 is 1.67 bits per heavy atom. The van der Waals surface area contributed by atoms with Gasteiger partial charge in [-0.1, -0.05) is 30.3 Å². The largest absolute Gasteiger partial charge is 0.416 e. The minimum Gasteiger partial charge on any atom is -0.295 e. The van der Waals surface area contributed by atoms with E-state index < -0.39 is 21.8 Å². The Morgan fingerprint density at radius 1 is 0.967 bits per heavy atom. The highest BCUT2D eigenvalue weighted by Gasteiger charge is 2.30. The van der Waals surface area contributed by atoms with Crippen LogP contribution in [0.3, 0.4) is 0 Å². The third-order valence-corrected chi connectivity index (χ3v) is 6.04. The number of imidazole rings is 1. The van der Waals surface area contributed by atoms with E-state index in [0.717, 1.165) is 12.1 Å². The molecule has 0 saturated carbocycles. The van der Waals surface area contributed by atoms with Crippen molar-refractivity contribution in [2.75, 3.05) is 4.72 Å². The Balaban J connectivity index is 1.71. The molecular weight excluding hydrogens is 417 g/mol. The van der Waals surface area contributed by atoms with Gasteiger partial charge in [-0.3, -0.25) is 9.12 Å². The van der Waals surface area contributed by atoms with Crippen LogP contribution in [0, 0.1) is 6.92 Å². The molecule has 4 rings (SSSR count). The van der Waals surface area contributed by atoms with Crippen LogP contribution in [-0.2, 0) is 16.2 Å². The van der Waals surface area contributed by atoms with Crippen molar-refractivity contribution in [1.29, 1.82) is 0 Å². The molecule has 1 N–H and O–H groups in total. The average molecular weight is 432 g/mol. The van der Waals surface area contributed by atoms with E-state index in [2.05, 4.69) is 14.7 Å². The van der Waals surface area contributed by atoms with Gasteiger partial charge in [0.2, 0.25) is 0 Å². The SMILES string of the molecule is Cc1ccccc1S(=O)(=O)Nc1cn2c(-c3ccc(C(F)(F)F)cc3)cnc2cn1. The summed E-state index contributed by atoms with van der Waals surface area (Å²) in [4.78, 5) is 8.38. The molecule has 0 spiro atoms. The molecule has 0 aliphatic heterocycles. The maximum atomic E-state index is 12.8. The van der Waals surface area contributed by atoms with Crippen molar-refractivity contribution >= 4 is 21.5 Å². The number of aryl methyl sites for hydroxylation is 1. The van der Waals surface area contributed by atoms with Crippen molar-refractivity contribution in [3.05, 3.63) is 78.2 Å². The number of nitrogens with zero attached hydrogens (tertiary/aromatic N) is 3. The summed E-state index contributed by atoms with van der Waals surface area (Å²) >= 11 is 0. The minimum atomic E-state index is -4.43. The van der Waals surface area contributed by atoms with E-state index in [1.807, 2.05) is 0 Å². The number of nitrogens with one attached hydrogen (secondary N) is 1. The van der Waals surface area contributed by atoms with E-state index in [4.69, 9.17) is 0 Å². The fourth-order valence-electron chi connectivity index (χ4n) is 3.04. The van der Waals surface area contributed by atoms with Crippen LogP contribution in [0.15, 0.2) is 72.0 Å². The molecule has 0 fully saturated rings. The molecule has 0 unspecified atom stereocenters. The van der Waals surface area contributed by atoms with Crippen LogP contribution in [-0.4, -0.2) is 22.8 Å². The molecule has 0 saturated heterocycles. The van der Waals surface area contributed by atoms with E-state index in [1.165, 1.54) is 36.8 Å². The number of alkyl halides is 3. The molecule has 154 valence electrons. The number of rotatable bonds is 4. The van der Waals surface area contributed by atoms with Crippen LogP contribution in [0.5, 0.6) is 0 Å². The number of anilines is 1. The third-order valence-electron chi connectivity index (χ3n) is 4.53. The van der Waals surface area contributed by atoms with Crippen LogP contribution in [0.4, 0.5) is 19.0 Å². The number of hydrogen-bond acceptors (Lipinski definition) is 4. The zero-order valence-corrected chi connectivity index (χ0v) is 16.4. The summed E-state index contributed by atoms with van der Waals surface area (Å²) in [6.07, 6.45) is -0.128. The summed E-state index contributed by atoms with van der Waals surface area (Å²) in [7, 11) is -3.87. The first-order chi connectivity index (χ1) is 14.1. The van der Waals surface area contributed by atoms with Crippen LogP contribution in [0.25, 0.3) is 16.9 Å². The molecule has 2 aromatic carbocycles. The molecule has 4 aromatic rings. The van der Waals surface area contributed by atoms with Crippen LogP contribution in [0.1, 0.15) is 11.1 Å².